The minimum Gasteiger partial charge on any atom is -0.478 e. The van der Waals surface area contributed by atoms with Crippen molar-refractivity contribution in [2.24, 2.45) is 12.1 Å². The first-order chi connectivity index (χ1) is 10.6. The first-order valence-corrected chi connectivity index (χ1v) is 7.30. The molecule has 2 aromatic rings. The van der Waals surface area contributed by atoms with Crippen LogP contribution in [0.3, 0.4) is 0 Å². The lowest BCUT2D eigenvalue weighted by molar-refractivity contribution is 0.0697. The molecule has 0 saturated heterocycles. The minimum atomic E-state index is -1.06. The fourth-order valence-corrected chi connectivity index (χ4v) is 2.76. The summed E-state index contributed by atoms with van der Waals surface area (Å²) in [7, 11) is 1.92. The van der Waals surface area contributed by atoms with E-state index in [0.29, 0.717) is 5.69 Å². The molecule has 0 atom stereocenters. The lowest BCUT2D eigenvalue weighted by Gasteiger charge is -2.15. The number of rotatable bonds is 3. The molecule has 1 aliphatic rings. The summed E-state index contributed by atoms with van der Waals surface area (Å²) in [4.78, 5) is 11.1. The number of hydrazone groups is 1. The molecule has 3 rings (SSSR count). The van der Waals surface area contributed by atoms with Crippen molar-refractivity contribution < 1.29 is 9.90 Å². The van der Waals surface area contributed by atoms with Crippen molar-refractivity contribution in [1.29, 1.82) is 0 Å². The van der Waals surface area contributed by atoms with Crippen molar-refractivity contribution in [3.8, 4) is 0 Å². The summed E-state index contributed by atoms with van der Waals surface area (Å²) in [6.45, 7) is 0. The van der Waals surface area contributed by atoms with Gasteiger partial charge in [-0.3, -0.25) is 10.1 Å². The average molecular weight is 319 g/mol. The Hall–Kier alpha value is -2.34. The molecule has 1 heterocycles. The average Bonchev–Trinajstić information content (AvgIpc) is 2.88. The van der Waals surface area contributed by atoms with Crippen molar-refractivity contribution in [1.82, 2.24) is 9.78 Å². The van der Waals surface area contributed by atoms with Gasteiger partial charge in [0.25, 0.3) is 0 Å². The molecule has 0 aliphatic heterocycles. The number of aromatic nitrogens is 2. The van der Waals surface area contributed by atoms with Crippen LogP contribution in [-0.4, -0.2) is 26.6 Å². The normalized spacial score (nSPS) is 15.6. The van der Waals surface area contributed by atoms with Crippen molar-refractivity contribution >= 4 is 29.0 Å². The third kappa shape index (κ3) is 2.69. The molecule has 1 aromatic carbocycles. The first-order valence-electron chi connectivity index (χ1n) is 6.93. The number of hydrogen-bond donors (Lipinski definition) is 2. The summed E-state index contributed by atoms with van der Waals surface area (Å²) in [5.74, 6) is -1.06. The molecule has 0 fully saturated rings. The van der Waals surface area contributed by atoms with Crippen LogP contribution in [0.25, 0.3) is 0 Å². The fourth-order valence-electron chi connectivity index (χ4n) is 2.57. The predicted molar refractivity (Wildman–Crippen MR) is 84.7 cm³/mol. The monoisotopic (exact) mass is 318 g/mol. The van der Waals surface area contributed by atoms with Crippen LogP contribution in [0.5, 0.6) is 0 Å². The molecule has 0 amide bonds. The lowest BCUT2D eigenvalue weighted by Crippen LogP contribution is -2.14. The number of anilines is 1. The summed E-state index contributed by atoms with van der Waals surface area (Å²) in [6.07, 6.45) is 4.70. The van der Waals surface area contributed by atoms with E-state index in [2.05, 4.69) is 15.6 Å². The van der Waals surface area contributed by atoms with E-state index in [0.717, 1.165) is 30.5 Å². The number of benzene rings is 1. The summed E-state index contributed by atoms with van der Waals surface area (Å²) in [6, 6.07) is 4.72. The van der Waals surface area contributed by atoms with E-state index in [-0.39, 0.29) is 10.6 Å². The predicted octanol–water partition coefficient (Wildman–Crippen LogP) is 2.92. The molecule has 0 saturated carbocycles. The van der Waals surface area contributed by atoms with E-state index in [1.807, 2.05) is 17.9 Å². The Kier molecular flexibility index (Phi) is 3.85. The molecular weight excluding hydrogens is 304 g/mol. The molecule has 1 aromatic heterocycles. The van der Waals surface area contributed by atoms with Crippen LogP contribution < -0.4 is 5.43 Å². The van der Waals surface area contributed by atoms with Gasteiger partial charge in [0.1, 0.15) is 0 Å². The molecule has 2 N–H and O–H groups in total. The quantitative estimate of drug-likeness (QED) is 0.853. The SMILES string of the molecule is Cn1ncc2c1CCC/C2=N/Nc1ccc(Cl)c(C(=O)O)c1. The number of fused-ring (bicyclic) bond motifs is 1. The van der Waals surface area contributed by atoms with Crippen LogP contribution in [0, 0.1) is 0 Å². The standard InChI is InChI=1S/C15H15ClN4O2/c1-20-14-4-2-3-13(11(14)8-17-20)19-18-9-5-6-12(16)10(7-9)15(21)22/h5-8,18H,2-4H2,1H3,(H,21,22)/b19-13-. The number of carbonyl (C=O) groups is 1. The van der Waals surface area contributed by atoms with E-state index < -0.39 is 5.97 Å². The van der Waals surface area contributed by atoms with Crippen LogP contribution in [-0.2, 0) is 13.5 Å². The number of nitrogens with zero attached hydrogens (tertiary/aromatic N) is 3. The second kappa shape index (κ2) is 5.81. The highest BCUT2D eigenvalue weighted by Crippen LogP contribution is 2.23. The maximum absolute atomic E-state index is 11.1. The van der Waals surface area contributed by atoms with Crippen LogP contribution in [0.15, 0.2) is 29.5 Å². The number of hydrogen-bond acceptors (Lipinski definition) is 4. The van der Waals surface area contributed by atoms with E-state index in [1.54, 1.807) is 12.1 Å². The Morgan fingerprint density at radius 3 is 3.05 bits per heavy atom. The van der Waals surface area contributed by atoms with Gasteiger partial charge in [0.15, 0.2) is 0 Å². The van der Waals surface area contributed by atoms with Crippen LogP contribution in [0.1, 0.15) is 34.5 Å². The molecular formula is C15H15ClN4O2. The van der Waals surface area contributed by atoms with Gasteiger partial charge in [0.2, 0.25) is 0 Å². The Labute approximate surface area is 132 Å². The molecule has 1 aliphatic carbocycles. The van der Waals surface area contributed by atoms with Gasteiger partial charge in [-0.05, 0) is 37.5 Å². The van der Waals surface area contributed by atoms with Crippen LogP contribution in [0.4, 0.5) is 5.69 Å². The van der Waals surface area contributed by atoms with Crippen molar-refractivity contribution in [3.05, 3.63) is 46.2 Å². The molecule has 0 unspecified atom stereocenters. The van der Waals surface area contributed by atoms with Crippen molar-refractivity contribution in [2.45, 2.75) is 19.3 Å². The van der Waals surface area contributed by atoms with Crippen LogP contribution in [0.2, 0.25) is 5.02 Å². The number of carboxylic acids is 1. The van der Waals surface area contributed by atoms with Gasteiger partial charge in [0.05, 0.1) is 28.2 Å². The minimum absolute atomic E-state index is 0.0533. The molecule has 114 valence electrons. The van der Waals surface area contributed by atoms with Gasteiger partial charge in [-0.25, -0.2) is 4.79 Å². The van der Waals surface area contributed by atoms with E-state index in [4.69, 9.17) is 16.7 Å². The highest BCUT2D eigenvalue weighted by Gasteiger charge is 2.19. The zero-order valence-electron chi connectivity index (χ0n) is 12.0. The van der Waals surface area contributed by atoms with Gasteiger partial charge in [-0.1, -0.05) is 11.6 Å². The molecule has 22 heavy (non-hydrogen) atoms. The topological polar surface area (TPSA) is 79.5 Å². The number of aryl methyl sites for hydroxylation is 1. The van der Waals surface area contributed by atoms with Gasteiger partial charge in [-0.15, -0.1) is 0 Å². The summed E-state index contributed by atoms with van der Waals surface area (Å²) < 4.78 is 1.87. The number of halogens is 1. The van der Waals surface area contributed by atoms with E-state index in [9.17, 15) is 4.79 Å². The van der Waals surface area contributed by atoms with Gasteiger partial charge < -0.3 is 5.11 Å². The molecule has 0 bridgehead atoms. The molecule has 0 radical (unpaired) electrons. The van der Waals surface area contributed by atoms with E-state index >= 15 is 0 Å². The van der Waals surface area contributed by atoms with Crippen LogP contribution >= 0.6 is 11.6 Å². The number of carboxylic acid groups (broad SMARTS) is 1. The summed E-state index contributed by atoms with van der Waals surface area (Å²) >= 11 is 5.85. The Morgan fingerprint density at radius 2 is 2.27 bits per heavy atom. The largest absolute Gasteiger partial charge is 0.478 e. The molecule has 6 nitrogen and oxygen atoms in total. The van der Waals surface area contributed by atoms with Gasteiger partial charge in [0, 0.05) is 18.3 Å². The third-order valence-electron chi connectivity index (χ3n) is 3.72. The maximum Gasteiger partial charge on any atom is 0.337 e. The van der Waals surface area contributed by atoms with Gasteiger partial charge in [-0.2, -0.15) is 10.2 Å². The lowest BCUT2D eigenvalue weighted by atomic mass is 9.96. The Bertz CT molecular complexity index is 767. The number of nitrogens with one attached hydrogen (secondary N) is 1. The second-order valence-corrected chi connectivity index (χ2v) is 5.56. The Morgan fingerprint density at radius 1 is 1.45 bits per heavy atom. The summed E-state index contributed by atoms with van der Waals surface area (Å²) in [5, 5.41) is 18.0. The zero-order chi connectivity index (χ0) is 15.7. The maximum atomic E-state index is 11.1. The fraction of sp³-hybridized carbons (Fsp3) is 0.267. The highest BCUT2D eigenvalue weighted by molar-refractivity contribution is 6.33. The zero-order valence-corrected chi connectivity index (χ0v) is 12.8. The Balaban J connectivity index is 1.86. The van der Waals surface area contributed by atoms with Crippen molar-refractivity contribution in [3.63, 3.8) is 0 Å². The first kappa shape index (κ1) is 14.6. The molecule has 0 spiro atoms. The summed E-state index contributed by atoms with van der Waals surface area (Å²) in [5.41, 5.74) is 6.71. The highest BCUT2D eigenvalue weighted by atomic mass is 35.5. The van der Waals surface area contributed by atoms with E-state index in [1.165, 1.54) is 11.8 Å². The van der Waals surface area contributed by atoms with Gasteiger partial charge >= 0.3 is 5.97 Å². The smallest absolute Gasteiger partial charge is 0.337 e. The second-order valence-electron chi connectivity index (χ2n) is 5.15. The van der Waals surface area contributed by atoms with Crippen molar-refractivity contribution in [2.75, 3.05) is 5.43 Å². The third-order valence-corrected chi connectivity index (χ3v) is 4.05. The molecule has 7 heteroatoms. The number of aromatic carboxylic acids is 1.